The smallest absolute Gasteiger partial charge is 0.0930 e. The third kappa shape index (κ3) is 4.95. The molecule has 0 amide bonds. The van der Waals surface area contributed by atoms with Crippen molar-refractivity contribution in [2.75, 3.05) is 0 Å². The van der Waals surface area contributed by atoms with Crippen LogP contribution in [0.4, 0.5) is 0 Å². The van der Waals surface area contributed by atoms with Crippen molar-refractivity contribution in [3.63, 3.8) is 0 Å². The second-order valence-electron chi connectivity index (χ2n) is 4.57. The van der Waals surface area contributed by atoms with Gasteiger partial charge in [0, 0.05) is 11.8 Å². The summed E-state index contributed by atoms with van der Waals surface area (Å²) in [5.41, 5.74) is 4.39. The lowest BCUT2D eigenvalue weighted by Crippen LogP contribution is -1.93. The van der Waals surface area contributed by atoms with Gasteiger partial charge in [-0.25, -0.2) is 4.68 Å². The highest BCUT2D eigenvalue weighted by molar-refractivity contribution is 5.73. The SMILES string of the molecule is CC.CC.CC=Cc1nn(-c2ccccc2)cc1-c1ccccc1. The van der Waals surface area contributed by atoms with Crippen molar-refractivity contribution >= 4 is 6.08 Å². The average molecular weight is 320 g/mol. The third-order valence-electron chi connectivity index (χ3n) is 3.17. The van der Waals surface area contributed by atoms with Crippen LogP contribution in [0.25, 0.3) is 22.9 Å². The highest BCUT2D eigenvalue weighted by Crippen LogP contribution is 2.25. The molecule has 2 heteroatoms. The predicted molar refractivity (Wildman–Crippen MR) is 106 cm³/mol. The lowest BCUT2D eigenvalue weighted by Gasteiger charge is -1.99. The zero-order valence-corrected chi connectivity index (χ0v) is 15.4. The van der Waals surface area contributed by atoms with Crippen LogP contribution in [0, 0.1) is 0 Å². The second kappa shape index (κ2) is 11.0. The van der Waals surface area contributed by atoms with E-state index in [2.05, 4.69) is 47.7 Å². The van der Waals surface area contributed by atoms with Crippen molar-refractivity contribution in [3.05, 3.63) is 78.6 Å². The molecule has 0 saturated heterocycles. The largest absolute Gasteiger partial charge is 0.240 e. The number of hydrogen-bond donors (Lipinski definition) is 0. The van der Waals surface area contributed by atoms with Gasteiger partial charge in [-0.15, -0.1) is 0 Å². The minimum atomic E-state index is 0.988. The van der Waals surface area contributed by atoms with Gasteiger partial charge in [0.05, 0.1) is 11.4 Å². The Balaban J connectivity index is 0.000000671. The zero-order chi connectivity index (χ0) is 17.8. The molecule has 0 aliphatic carbocycles. The van der Waals surface area contributed by atoms with Crippen LogP contribution in [0.1, 0.15) is 40.3 Å². The molecular weight excluding hydrogens is 292 g/mol. The molecule has 0 unspecified atom stereocenters. The molecule has 0 spiro atoms. The first-order valence-electron chi connectivity index (χ1n) is 8.71. The fourth-order valence-electron chi connectivity index (χ4n) is 2.22. The monoisotopic (exact) mass is 320 g/mol. The highest BCUT2D eigenvalue weighted by Gasteiger charge is 2.09. The van der Waals surface area contributed by atoms with E-state index in [0.29, 0.717) is 0 Å². The molecule has 0 radical (unpaired) electrons. The summed E-state index contributed by atoms with van der Waals surface area (Å²) in [5.74, 6) is 0. The van der Waals surface area contributed by atoms with Gasteiger partial charge in [0.25, 0.3) is 0 Å². The van der Waals surface area contributed by atoms with Gasteiger partial charge < -0.3 is 0 Å². The Bertz CT molecular complexity index is 710. The second-order valence-corrected chi connectivity index (χ2v) is 4.57. The minimum Gasteiger partial charge on any atom is -0.240 e. The van der Waals surface area contributed by atoms with Crippen LogP contribution in [0.15, 0.2) is 72.9 Å². The molecule has 0 atom stereocenters. The minimum absolute atomic E-state index is 0.988. The number of benzene rings is 2. The van der Waals surface area contributed by atoms with E-state index in [1.807, 2.05) is 75.7 Å². The van der Waals surface area contributed by atoms with Crippen molar-refractivity contribution in [1.82, 2.24) is 9.78 Å². The Morgan fingerprint density at radius 3 is 1.88 bits per heavy atom. The van der Waals surface area contributed by atoms with Crippen LogP contribution < -0.4 is 0 Å². The molecule has 0 bridgehead atoms. The summed E-state index contributed by atoms with van der Waals surface area (Å²) in [6, 6.07) is 20.5. The van der Waals surface area contributed by atoms with Gasteiger partial charge in [-0.1, -0.05) is 82.3 Å². The van der Waals surface area contributed by atoms with Gasteiger partial charge in [0.2, 0.25) is 0 Å². The summed E-state index contributed by atoms with van der Waals surface area (Å²) in [4.78, 5) is 0. The summed E-state index contributed by atoms with van der Waals surface area (Å²) < 4.78 is 1.93. The predicted octanol–water partition coefficient (Wildman–Crippen LogP) is 6.62. The molecule has 1 heterocycles. The van der Waals surface area contributed by atoms with Gasteiger partial charge in [-0.3, -0.25) is 0 Å². The number of hydrogen-bond acceptors (Lipinski definition) is 1. The molecule has 0 N–H and O–H groups in total. The quantitative estimate of drug-likeness (QED) is 0.530. The molecule has 0 fully saturated rings. The van der Waals surface area contributed by atoms with Gasteiger partial charge in [0.15, 0.2) is 0 Å². The van der Waals surface area contributed by atoms with Crippen molar-refractivity contribution in [2.24, 2.45) is 0 Å². The third-order valence-corrected chi connectivity index (χ3v) is 3.17. The van der Waals surface area contributed by atoms with Gasteiger partial charge in [0.1, 0.15) is 0 Å². The first-order valence-corrected chi connectivity index (χ1v) is 8.71. The number of rotatable bonds is 3. The molecule has 2 aromatic carbocycles. The maximum absolute atomic E-state index is 4.68. The first kappa shape index (κ1) is 19.4. The van der Waals surface area contributed by atoms with E-state index < -0.39 is 0 Å². The van der Waals surface area contributed by atoms with E-state index in [9.17, 15) is 0 Å². The lowest BCUT2D eigenvalue weighted by atomic mass is 10.1. The van der Waals surface area contributed by atoms with E-state index in [-0.39, 0.29) is 0 Å². The summed E-state index contributed by atoms with van der Waals surface area (Å²) in [6.45, 7) is 10.0. The maximum atomic E-state index is 4.68. The van der Waals surface area contributed by atoms with Crippen LogP contribution in [-0.2, 0) is 0 Å². The Hall–Kier alpha value is -2.61. The van der Waals surface area contributed by atoms with Gasteiger partial charge in [-0.2, -0.15) is 5.10 Å². The molecule has 0 aliphatic heterocycles. The van der Waals surface area contributed by atoms with E-state index in [0.717, 1.165) is 16.9 Å². The Kier molecular flexibility index (Phi) is 8.91. The van der Waals surface area contributed by atoms with E-state index in [1.165, 1.54) is 5.56 Å². The number of para-hydroxylation sites is 1. The Morgan fingerprint density at radius 1 is 0.792 bits per heavy atom. The number of allylic oxidation sites excluding steroid dienone is 1. The highest BCUT2D eigenvalue weighted by atomic mass is 15.3. The molecule has 2 nitrogen and oxygen atoms in total. The normalized spacial score (nSPS) is 9.71. The molecule has 126 valence electrons. The van der Waals surface area contributed by atoms with Crippen molar-refractivity contribution < 1.29 is 0 Å². The zero-order valence-electron chi connectivity index (χ0n) is 15.4. The van der Waals surface area contributed by atoms with Crippen molar-refractivity contribution in [3.8, 4) is 16.8 Å². The fourth-order valence-corrected chi connectivity index (χ4v) is 2.22. The van der Waals surface area contributed by atoms with Crippen LogP contribution in [0.5, 0.6) is 0 Å². The van der Waals surface area contributed by atoms with Crippen LogP contribution >= 0.6 is 0 Å². The molecule has 0 aliphatic rings. The summed E-state index contributed by atoms with van der Waals surface area (Å²) in [6.07, 6.45) is 6.14. The summed E-state index contributed by atoms with van der Waals surface area (Å²) in [5, 5.41) is 4.68. The van der Waals surface area contributed by atoms with Crippen molar-refractivity contribution in [1.29, 1.82) is 0 Å². The van der Waals surface area contributed by atoms with Crippen LogP contribution in [0.2, 0.25) is 0 Å². The Labute approximate surface area is 146 Å². The Morgan fingerprint density at radius 2 is 1.33 bits per heavy atom. The van der Waals surface area contributed by atoms with E-state index in [1.54, 1.807) is 0 Å². The fraction of sp³-hybridized carbons (Fsp3) is 0.227. The maximum Gasteiger partial charge on any atom is 0.0930 e. The lowest BCUT2D eigenvalue weighted by molar-refractivity contribution is 0.876. The van der Waals surface area contributed by atoms with Crippen molar-refractivity contribution in [2.45, 2.75) is 34.6 Å². The van der Waals surface area contributed by atoms with E-state index in [4.69, 9.17) is 0 Å². The van der Waals surface area contributed by atoms with Gasteiger partial charge >= 0.3 is 0 Å². The molecule has 3 rings (SSSR count). The average Bonchev–Trinajstić information content (AvgIpc) is 3.11. The first-order chi connectivity index (χ1) is 11.9. The molecule has 1 aromatic heterocycles. The molecular formula is C22H28N2. The number of aromatic nitrogens is 2. The molecule has 3 aromatic rings. The topological polar surface area (TPSA) is 17.8 Å². The van der Waals surface area contributed by atoms with E-state index >= 15 is 0 Å². The summed E-state index contributed by atoms with van der Waals surface area (Å²) >= 11 is 0. The standard InChI is InChI=1S/C18H16N2.2C2H6/c1-2-9-18-17(15-10-5-3-6-11-15)14-20(19-18)16-12-7-4-8-13-16;2*1-2/h2-14H,1H3;2*1-2H3. The van der Waals surface area contributed by atoms with Crippen LogP contribution in [0.3, 0.4) is 0 Å². The number of nitrogens with zero attached hydrogens (tertiary/aromatic N) is 2. The molecule has 24 heavy (non-hydrogen) atoms. The summed E-state index contributed by atoms with van der Waals surface area (Å²) in [7, 11) is 0. The molecule has 0 saturated carbocycles. The van der Waals surface area contributed by atoms with Crippen LogP contribution in [-0.4, -0.2) is 9.78 Å². The van der Waals surface area contributed by atoms with Gasteiger partial charge in [-0.05, 0) is 30.7 Å².